The highest BCUT2D eigenvalue weighted by molar-refractivity contribution is 5.92. The zero-order chi connectivity index (χ0) is 33.1. The van der Waals surface area contributed by atoms with E-state index in [1.165, 1.54) is 0 Å². The molecule has 4 saturated heterocycles. The van der Waals surface area contributed by atoms with Gasteiger partial charge in [-0.15, -0.1) is 0 Å². The van der Waals surface area contributed by atoms with Crippen LogP contribution in [0, 0.1) is 11.7 Å². The normalized spacial score (nSPS) is 26.0. The number of piperazine rings is 1. The second kappa shape index (κ2) is 12.1. The third-order valence-corrected chi connectivity index (χ3v) is 10.3. The third kappa shape index (κ3) is 5.89. The lowest BCUT2D eigenvalue weighted by molar-refractivity contribution is 0.0122. The Bertz CT molecular complexity index is 1650. The minimum Gasteiger partial charge on any atom is -0.461 e. The van der Waals surface area contributed by atoms with Gasteiger partial charge >= 0.3 is 12.1 Å². The van der Waals surface area contributed by atoms with E-state index in [9.17, 15) is 4.79 Å². The van der Waals surface area contributed by atoms with E-state index >= 15 is 8.78 Å². The standard InChI is InChI=1S/C36H46F2N6O3/c1-22(2)17-23-9-6-7-10-26(23)30-29(38)31-27(18-39-30)32(41-33(40-31)46-21-36-14-8-15-43(36)16-13-28(36)37)42-19-24-11-12-25(20-42)44(24)34(45)47-35(3,4)5/h6-7,9-10,18,22,24-25,28H,8,11-17,19-21H2,1-5H3/t24-,25+,28?,36?. The van der Waals surface area contributed by atoms with Crippen LogP contribution in [0.3, 0.4) is 0 Å². The van der Waals surface area contributed by atoms with Gasteiger partial charge in [0.2, 0.25) is 0 Å². The molecule has 3 aromatic rings. The molecule has 4 aliphatic heterocycles. The van der Waals surface area contributed by atoms with E-state index in [0.717, 1.165) is 43.4 Å². The number of pyridine rings is 1. The Hall–Kier alpha value is -3.60. The summed E-state index contributed by atoms with van der Waals surface area (Å²) < 4.78 is 44.1. The quantitative estimate of drug-likeness (QED) is 0.285. The van der Waals surface area contributed by atoms with E-state index in [2.05, 4.69) is 33.6 Å². The molecule has 0 radical (unpaired) electrons. The highest BCUT2D eigenvalue weighted by atomic mass is 19.1. The number of alkyl halides is 1. The van der Waals surface area contributed by atoms with Gasteiger partial charge in [-0.05, 0) is 77.3 Å². The van der Waals surface area contributed by atoms with Crippen molar-refractivity contribution < 1.29 is 23.0 Å². The molecule has 47 heavy (non-hydrogen) atoms. The van der Waals surface area contributed by atoms with E-state index in [0.29, 0.717) is 49.6 Å². The van der Waals surface area contributed by atoms with Crippen LogP contribution in [0.1, 0.15) is 72.3 Å². The maximum atomic E-state index is 16.7. The van der Waals surface area contributed by atoms with Crippen LogP contribution < -0.4 is 9.64 Å². The van der Waals surface area contributed by atoms with Crippen LogP contribution in [0.2, 0.25) is 0 Å². The molecule has 0 aliphatic carbocycles. The highest BCUT2D eigenvalue weighted by Gasteiger charge is 2.53. The number of aromatic nitrogens is 3. The van der Waals surface area contributed by atoms with Gasteiger partial charge in [0.15, 0.2) is 5.82 Å². The van der Waals surface area contributed by atoms with Gasteiger partial charge < -0.3 is 14.4 Å². The fourth-order valence-corrected chi connectivity index (χ4v) is 8.20. The van der Waals surface area contributed by atoms with Crippen molar-refractivity contribution in [1.82, 2.24) is 24.8 Å². The molecule has 2 bridgehead atoms. The van der Waals surface area contributed by atoms with E-state index < -0.39 is 23.1 Å². The second-order valence-electron chi connectivity index (χ2n) is 15.2. The van der Waals surface area contributed by atoms with E-state index in [-0.39, 0.29) is 42.0 Å². The van der Waals surface area contributed by atoms with Crippen molar-refractivity contribution >= 4 is 22.8 Å². The summed E-state index contributed by atoms with van der Waals surface area (Å²) in [5, 5.41) is 0.481. The summed E-state index contributed by atoms with van der Waals surface area (Å²) in [7, 11) is 0. The third-order valence-electron chi connectivity index (χ3n) is 10.3. The van der Waals surface area contributed by atoms with Crippen molar-refractivity contribution in [3.8, 4) is 17.3 Å². The van der Waals surface area contributed by atoms with Crippen LogP contribution in [0.25, 0.3) is 22.2 Å². The van der Waals surface area contributed by atoms with E-state index in [1.807, 2.05) is 49.9 Å². The van der Waals surface area contributed by atoms with Crippen molar-refractivity contribution in [2.75, 3.05) is 37.7 Å². The minimum absolute atomic E-state index is 0.0289. The number of rotatable bonds is 7. The first-order valence-electron chi connectivity index (χ1n) is 17.2. The fourth-order valence-electron chi connectivity index (χ4n) is 8.20. The molecule has 4 fully saturated rings. The number of carbonyl (C=O) groups excluding carboxylic acids is 1. The number of benzene rings is 1. The Morgan fingerprint density at radius 1 is 1.09 bits per heavy atom. The first kappa shape index (κ1) is 32.0. The zero-order valence-corrected chi connectivity index (χ0v) is 28.1. The number of ether oxygens (including phenoxy) is 2. The zero-order valence-electron chi connectivity index (χ0n) is 28.1. The number of hydrogen-bond acceptors (Lipinski definition) is 8. The summed E-state index contributed by atoms with van der Waals surface area (Å²) in [5.74, 6) is 0.364. The summed E-state index contributed by atoms with van der Waals surface area (Å²) in [6, 6.07) is 7.65. The SMILES string of the molecule is CC(C)Cc1ccccc1-c1ncc2c(N3C[C@H]4CC[C@@H](C3)N4C(=O)OC(C)(C)C)nc(OCC34CCCN3CCC4F)nc2c1F. The molecule has 0 N–H and O–H groups in total. The summed E-state index contributed by atoms with van der Waals surface area (Å²) in [5.41, 5.74) is 0.820. The second-order valence-corrected chi connectivity index (χ2v) is 15.2. The molecule has 1 aromatic carbocycles. The Morgan fingerprint density at radius 2 is 1.83 bits per heavy atom. The number of fused-ring (bicyclic) bond motifs is 4. The monoisotopic (exact) mass is 648 g/mol. The first-order chi connectivity index (χ1) is 22.4. The molecule has 4 aliphatic rings. The van der Waals surface area contributed by atoms with Crippen LogP contribution in [-0.4, -0.2) is 93.0 Å². The summed E-state index contributed by atoms with van der Waals surface area (Å²) in [6.45, 7) is 12.6. The van der Waals surface area contributed by atoms with Gasteiger partial charge in [0.1, 0.15) is 35.4 Å². The van der Waals surface area contributed by atoms with Gasteiger partial charge in [-0.2, -0.15) is 9.97 Å². The number of hydrogen-bond donors (Lipinski definition) is 0. The fraction of sp³-hybridized carbons (Fsp3) is 0.611. The Balaban J connectivity index is 1.27. The average molecular weight is 649 g/mol. The van der Waals surface area contributed by atoms with Crippen molar-refractivity contribution in [3.63, 3.8) is 0 Å². The summed E-state index contributed by atoms with van der Waals surface area (Å²) in [6.07, 6.45) is 4.93. The summed E-state index contributed by atoms with van der Waals surface area (Å²) in [4.78, 5) is 33.5. The van der Waals surface area contributed by atoms with Gasteiger partial charge in [0, 0.05) is 31.4 Å². The molecule has 9 nitrogen and oxygen atoms in total. The lowest BCUT2D eigenvalue weighted by atomic mass is 9.93. The molecule has 2 unspecified atom stereocenters. The average Bonchev–Trinajstić information content (AvgIpc) is 3.65. The summed E-state index contributed by atoms with van der Waals surface area (Å²) >= 11 is 0. The number of halogens is 2. The smallest absolute Gasteiger partial charge is 0.410 e. The van der Waals surface area contributed by atoms with Crippen LogP contribution >= 0.6 is 0 Å². The molecule has 1 amide bonds. The van der Waals surface area contributed by atoms with Gasteiger partial charge in [-0.1, -0.05) is 38.1 Å². The van der Waals surface area contributed by atoms with Crippen LogP contribution in [0.15, 0.2) is 30.5 Å². The van der Waals surface area contributed by atoms with Crippen LogP contribution in [0.4, 0.5) is 19.4 Å². The van der Waals surface area contributed by atoms with Crippen molar-refractivity contribution in [2.24, 2.45) is 5.92 Å². The highest BCUT2D eigenvalue weighted by Crippen LogP contribution is 2.42. The van der Waals surface area contributed by atoms with Crippen LogP contribution in [0.5, 0.6) is 6.01 Å². The topological polar surface area (TPSA) is 83.9 Å². The van der Waals surface area contributed by atoms with Gasteiger partial charge in [-0.25, -0.2) is 13.6 Å². The molecule has 0 saturated carbocycles. The minimum atomic E-state index is -0.994. The van der Waals surface area contributed by atoms with Gasteiger partial charge in [0.25, 0.3) is 0 Å². The molecule has 4 atom stereocenters. The van der Waals surface area contributed by atoms with Crippen LogP contribution in [-0.2, 0) is 11.2 Å². The van der Waals surface area contributed by atoms with Crippen molar-refractivity contribution in [2.45, 2.75) is 103 Å². The van der Waals surface area contributed by atoms with Gasteiger partial charge in [-0.3, -0.25) is 14.8 Å². The molecule has 7 rings (SSSR count). The van der Waals surface area contributed by atoms with Crippen molar-refractivity contribution in [1.29, 1.82) is 0 Å². The van der Waals surface area contributed by atoms with Gasteiger partial charge in [0.05, 0.1) is 23.0 Å². The molecular weight excluding hydrogens is 602 g/mol. The lowest BCUT2D eigenvalue weighted by Gasteiger charge is -2.42. The number of amides is 1. The predicted molar refractivity (Wildman–Crippen MR) is 177 cm³/mol. The number of nitrogens with zero attached hydrogens (tertiary/aromatic N) is 6. The van der Waals surface area contributed by atoms with Crippen molar-refractivity contribution in [3.05, 3.63) is 41.8 Å². The maximum Gasteiger partial charge on any atom is 0.410 e. The lowest BCUT2D eigenvalue weighted by Crippen LogP contribution is -2.57. The number of anilines is 1. The largest absolute Gasteiger partial charge is 0.461 e. The Morgan fingerprint density at radius 3 is 2.55 bits per heavy atom. The van der Waals surface area contributed by atoms with E-state index in [4.69, 9.17) is 14.5 Å². The number of carbonyl (C=O) groups is 1. The molecule has 11 heteroatoms. The Labute approximate surface area is 275 Å². The maximum absolute atomic E-state index is 16.7. The first-order valence-corrected chi connectivity index (χ1v) is 17.2. The van der Waals surface area contributed by atoms with E-state index in [1.54, 1.807) is 6.20 Å². The predicted octanol–water partition coefficient (Wildman–Crippen LogP) is 6.57. The molecule has 6 heterocycles. The molecule has 0 spiro atoms. The molecular formula is C36H46F2N6O3. The molecule has 2 aromatic heterocycles. The molecule has 252 valence electrons. The Kier molecular flexibility index (Phi) is 8.25.